The lowest BCUT2D eigenvalue weighted by atomic mass is 10.1. The number of hydrogen-bond acceptors (Lipinski definition) is 2. The van der Waals surface area contributed by atoms with Crippen LogP contribution in [0, 0.1) is 0 Å². The molecule has 0 fully saturated rings. The van der Waals surface area contributed by atoms with E-state index < -0.39 is 24.3 Å². The van der Waals surface area contributed by atoms with Gasteiger partial charge in [0.2, 0.25) is 0 Å². The summed E-state index contributed by atoms with van der Waals surface area (Å²) < 4.78 is 66.2. The first-order valence-electron chi connectivity index (χ1n) is 6.75. The Bertz CT molecular complexity index is 698. The van der Waals surface area contributed by atoms with Crippen LogP contribution in [0.25, 0.3) is 0 Å². The molecule has 0 aliphatic rings. The summed E-state index contributed by atoms with van der Waals surface area (Å²) in [5, 5.41) is 2.44. The number of carbonyl (C=O) groups is 1. The molecule has 24 heavy (non-hydrogen) atoms. The van der Waals surface area contributed by atoms with Gasteiger partial charge in [-0.2, -0.15) is 22.0 Å². The van der Waals surface area contributed by atoms with E-state index in [9.17, 15) is 26.7 Å². The number of hydrogen-bond donors (Lipinski definition) is 1. The highest BCUT2D eigenvalue weighted by Crippen LogP contribution is 2.29. The SMILES string of the molecule is O=C(NCc1ccc(C(F)(F)F)cc1)c1ccccc1OC(F)F. The summed E-state index contributed by atoms with van der Waals surface area (Å²) in [6.45, 7) is -3.13. The summed E-state index contributed by atoms with van der Waals surface area (Å²) >= 11 is 0. The molecule has 2 aromatic carbocycles. The summed E-state index contributed by atoms with van der Waals surface area (Å²) in [7, 11) is 0. The maximum atomic E-state index is 12.5. The number of para-hydroxylation sites is 1. The van der Waals surface area contributed by atoms with E-state index in [4.69, 9.17) is 0 Å². The number of carbonyl (C=O) groups excluding carboxylic acids is 1. The van der Waals surface area contributed by atoms with Crippen LogP contribution < -0.4 is 10.1 Å². The maximum Gasteiger partial charge on any atom is 0.416 e. The normalized spacial score (nSPS) is 11.4. The van der Waals surface area contributed by atoms with Crippen LogP contribution in [0.15, 0.2) is 48.5 Å². The van der Waals surface area contributed by atoms with Gasteiger partial charge in [0.1, 0.15) is 5.75 Å². The second kappa shape index (κ2) is 7.29. The maximum absolute atomic E-state index is 12.5. The van der Waals surface area contributed by atoms with E-state index in [0.717, 1.165) is 12.1 Å². The molecule has 8 heteroatoms. The van der Waals surface area contributed by atoms with Gasteiger partial charge >= 0.3 is 12.8 Å². The number of alkyl halides is 5. The van der Waals surface area contributed by atoms with Gasteiger partial charge in [-0.1, -0.05) is 24.3 Å². The third-order valence-corrected chi connectivity index (χ3v) is 3.08. The fraction of sp³-hybridized carbons (Fsp3) is 0.188. The van der Waals surface area contributed by atoms with Gasteiger partial charge in [-0.3, -0.25) is 4.79 Å². The number of nitrogens with one attached hydrogen (secondary N) is 1. The fourth-order valence-electron chi connectivity index (χ4n) is 1.94. The zero-order valence-electron chi connectivity index (χ0n) is 12.1. The summed E-state index contributed by atoms with van der Waals surface area (Å²) in [6.07, 6.45) is -4.44. The van der Waals surface area contributed by atoms with Crippen LogP contribution in [0.4, 0.5) is 22.0 Å². The lowest BCUT2D eigenvalue weighted by molar-refractivity contribution is -0.137. The van der Waals surface area contributed by atoms with Crippen LogP contribution in [-0.4, -0.2) is 12.5 Å². The Kier molecular flexibility index (Phi) is 5.38. The number of ether oxygens (including phenoxy) is 1. The zero-order valence-corrected chi connectivity index (χ0v) is 12.1. The molecule has 0 radical (unpaired) electrons. The van der Waals surface area contributed by atoms with Crippen LogP contribution in [0.1, 0.15) is 21.5 Å². The van der Waals surface area contributed by atoms with Crippen LogP contribution in [0.2, 0.25) is 0 Å². The standard InChI is InChI=1S/C16H12F5NO2/c17-15(18)24-13-4-2-1-3-12(13)14(23)22-9-10-5-7-11(8-6-10)16(19,20)21/h1-8,15H,9H2,(H,22,23). The Labute approximate surface area is 134 Å². The second-order valence-electron chi connectivity index (χ2n) is 4.75. The van der Waals surface area contributed by atoms with Crippen molar-refractivity contribution >= 4 is 5.91 Å². The first-order valence-corrected chi connectivity index (χ1v) is 6.75. The fourth-order valence-corrected chi connectivity index (χ4v) is 1.94. The van der Waals surface area contributed by atoms with Gasteiger partial charge in [-0.05, 0) is 29.8 Å². The number of rotatable bonds is 5. The predicted molar refractivity (Wildman–Crippen MR) is 75.7 cm³/mol. The van der Waals surface area contributed by atoms with Gasteiger partial charge in [0.05, 0.1) is 11.1 Å². The van der Waals surface area contributed by atoms with Crippen LogP contribution in [0.5, 0.6) is 5.75 Å². The molecule has 0 aromatic heterocycles. The van der Waals surface area contributed by atoms with Gasteiger partial charge < -0.3 is 10.1 Å². The highest BCUT2D eigenvalue weighted by Gasteiger charge is 2.29. The smallest absolute Gasteiger partial charge is 0.416 e. The molecule has 128 valence electrons. The van der Waals surface area contributed by atoms with Crippen molar-refractivity contribution in [3.05, 3.63) is 65.2 Å². The molecule has 2 aromatic rings. The van der Waals surface area contributed by atoms with E-state index >= 15 is 0 Å². The molecule has 3 nitrogen and oxygen atoms in total. The van der Waals surface area contributed by atoms with Crippen molar-refractivity contribution in [2.24, 2.45) is 0 Å². The molecule has 0 aliphatic carbocycles. The molecule has 0 heterocycles. The van der Waals surface area contributed by atoms with Gasteiger partial charge in [0.15, 0.2) is 0 Å². The molecule has 0 aliphatic heterocycles. The Hall–Kier alpha value is -2.64. The van der Waals surface area contributed by atoms with E-state index in [0.29, 0.717) is 5.56 Å². The quantitative estimate of drug-likeness (QED) is 0.824. The Morgan fingerprint density at radius 2 is 1.67 bits per heavy atom. The largest absolute Gasteiger partial charge is 0.434 e. The third-order valence-electron chi connectivity index (χ3n) is 3.08. The Morgan fingerprint density at radius 1 is 1.04 bits per heavy atom. The van der Waals surface area contributed by atoms with E-state index in [1.807, 2.05) is 0 Å². The lowest BCUT2D eigenvalue weighted by Crippen LogP contribution is -2.24. The van der Waals surface area contributed by atoms with Crippen molar-refractivity contribution in [2.45, 2.75) is 19.3 Å². The summed E-state index contributed by atoms with van der Waals surface area (Å²) in [5.74, 6) is -0.955. The van der Waals surface area contributed by atoms with Crippen molar-refractivity contribution in [3.63, 3.8) is 0 Å². The highest BCUT2D eigenvalue weighted by molar-refractivity contribution is 5.96. The third kappa shape index (κ3) is 4.68. The topological polar surface area (TPSA) is 38.3 Å². The molecule has 0 saturated heterocycles. The number of amides is 1. The first-order chi connectivity index (χ1) is 11.3. The van der Waals surface area contributed by atoms with Crippen molar-refractivity contribution in [2.75, 3.05) is 0 Å². The van der Waals surface area contributed by atoms with Crippen molar-refractivity contribution in [1.29, 1.82) is 0 Å². The van der Waals surface area contributed by atoms with E-state index in [2.05, 4.69) is 10.1 Å². The zero-order chi connectivity index (χ0) is 17.7. The molecular weight excluding hydrogens is 333 g/mol. The minimum atomic E-state index is -4.44. The first kappa shape index (κ1) is 17.7. The number of halogens is 5. The summed E-state index contributed by atoms with van der Waals surface area (Å²) in [4.78, 5) is 12.0. The monoisotopic (exact) mass is 345 g/mol. The van der Waals surface area contributed by atoms with Crippen LogP contribution >= 0.6 is 0 Å². The van der Waals surface area contributed by atoms with Crippen molar-refractivity contribution in [1.82, 2.24) is 5.32 Å². The number of benzene rings is 2. The van der Waals surface area contributed by atoms with Gasteiger partial charge in [-0.15, -0.1) is 0 Å². The van der Waals surface area contributed by atoms with Gasteiger partial charge in [0, 0.05) is 6.54 Å². The van der Waals surface area contributed by atoms with Gasteiger partial charge in [0.25, 0.3) is 5.91 Å². The van der Waals surface area contributed by atoms with Crippen LogP contribution in [-0.2, 0) is 12.7 Å². The Morgan fingerprint density at radius 3 is 2.25 bits per heavy atom. The molecule has 0 unspecified atom stereocenters. The molecule has 2 rings (SSSR count). The summed E-state index contributed by atoms with van der Waals surface area (Å²) in [6, 6.07) is 9.69. The molecule has 1 N–H and O–H groups in total. The molecular formula is C16H12F5NO2. The summed E-state index contributed by atoms with van der Waals surface area (Å²) in [5.41, 5.74) is -0.457. The second-order valence-corrected chi connectivity index (χ2v) is 4.75. The van der Waals surface area contributed by atoms with E-state index in [1.54, 1.807) is 0 Å². The van der Waals surface area contributed by atoms with E-state index in [1.165, 1.54) is 36.4 Å². The molecule has 1 amide bonds. The van der Waals surface area contributed by atoms with Gasteiger partial charge in [-0.25, -0.2) is 0 Å². The predicted octanol–water partition coefficient (Wildman–Crippen LogP) is 4.24. The molecule has 0 saturated carbocycles. The van der Waals surface area contributed by atoms with Crippen LogP contribution in [0.3, 0.4) is 0 Å². The molecule has 0 spiro atoms. The Balaban J connectivity index is 2.03. The lowest BCUT2D eigenvalue weighted by Gasteiger charge is -2.11. The minimum absolute atomic E-state index is 0.0556. The minimum Gasteiger partial charge on any atom is -0.434 e. The average Bonchev–Trinajstić information content (AvgIpc) is 2.52. The average molecular weight is 345 g/mol. The molecule has 0 bridgehead atoms. The van der Waals surface area contributed by atoms with Crippen molar-refractivity contribution in [3.8, 4) is 5.75 Å². The molecule has 0 atom stereocenters. The van der Waals surface area contributed by atoms with Crippen molar-refractivity contribution < 1.29 is 31.5 Å². The van der Waals surface area contributed by atoms with E-state index in [-0.39, 0.29) is 17.9 Å². The highest BCUT2D eigenvalue weighted by atomic mass is 19.4.